The lowest BCUT2D eigenvalue weighted by Gasteiger charge is -2.33. The molecule has 0 radical (unpaired) electrons. The molecule has 3 aromatic carbocycles. The molecule has 1 saturated carbocycles. The molecule has 0 saturated heterocycles. The predicted molar refractivity (Wildman–Crippen MR) is 178 cm³/mol. The zero-order valence-corrected chi connectivity index (χ0v) is 29.0. The molecule has 13 heteroatoms. The highest BCUT2D eigenvalue weighted by molar-refractivity contribution is 9.10. The van der Waals surface area contributed by atoms with Crippen molar-refractivity contribution in [2.45, 2.75) is 56.1 Å². The van der Waals surface area contributed by atoms with E-state index in [0.29, 0.717) is 11.5 Å². The summed E-state index contributed by atoms with van der Waals surface area (Å²) in [6.45, 7) is 1.09. The molecule has 1 unspecified atom stereocenters. The van der Waals surface area contributed by atoms with Gasteiger partial charge in [0.2, 0.25) is 11.8 Å². The lowest BCUT2D eigenvalue weighted by molar-refractivity contribution is -0.139. The molecule has 11 nitrogen and oxygen atoms in total. The maximum Gasteiger partial charge on any atom is 0.265 e. The minimum absolute atomic E-state index is 0.0440. The third-order valence-corrected chi connectivity index (χ3v) is 10.3. The van der Waals surface area contributed by atoms with Crippen molar-refractivity contribution in [2.75, 3.05) is 39.3 Å². The van der Waals surface area contributed by atoms with Gasteiger partial charge in [-0.25, -0.2) is 8.42 Å². The minimum Gasteiger partial charge on any atom is -0.497 e. The van der Waals surface area contributed by atoms with Gasteiger partial charge in [-0.1, -0.05) is 40.9 Å². The van der Waals surface area contributed by atoms with E-state index in [4.69, 9.17) is 18.9 Å². The van der Waals surface area contributed by atoms with Gasteiger partial charge in [-0.3, -0.25) is 13.9 Å². The second kappa shape index (κ2) is 15.5. The molecule has 0 bridgehead atoms. The van der Waals surface area contributed by atoms with Crippen LogP contribution in [0, 0.1) is 0 Å². The lowest BCUT2D eigenvalue weighted by Crippen LogP contribution is -2.52. The molecule has 248 valence electrons. The highest BCUT2D eigenvalue weighted by atomic mass is 79.9. The zero-order chi connectivity index (χ0) is 33.4. The first-order valence-corrected chi connectivity index (χ1v) is 17.1. The van der Waals surface area contributed by atoms with Crippen LogP contribution in [-0.4, -0.2) is 72.2 Å². The van der Waals surface area contributed by atoms with Crippen LogP contribution in [0.5, 0.6) is 23.0 Å². The largest absolute Gasteiger partial charge is 0.497 e. The number of rotatable bonds is 14. The normalized spacial score (nSPS) is 13.9. The van der Waals surface area contributed by atoms with E-state index >= 15 is 0 Å². The number of carbonyl (C=O) groups excluding carboxylic acids is 2. The van der Waals surface area contributed by atoms with Crippen molar-refractivity contribution in [1.82, 2.24) is 10.2 Å². The summed E-state index contributed by atoms with van der Waals surface area (Å²) in [4.78, 5) is 29.1. The smallest absolute Gasteiger partial charge is 0.265 e. The average Bonchev–Trinajstić information content (AvgIpc) is 3.58. The number of hydrogen-bond donors (Lipinski definition) is 1. The van der Waals surface area contributed by atoms with E-state index in [0.717, 1.165) is 40.0 Å². The van der Waals surface area contributed by atoms with Crippen LogP contribution in [0.15, 0.2) is 70.0 Å². The van der Waals surface area contributed by atoms with Gasteiger partial charge in [-0.05, 0) is 61.7 Å². The Hall–Kier alpha value is -3.97. The SMILES string of the molecule is COc1ccc(OC)c(N(CC(=O)N(Cc2ccc(Br)cc2)C(C)C(=O)NC2CCCC2)S(=O)(=O)c2ccc(OC)c(OC)c2)c1. The van der Waals surface area contributed by atoms with Gasteiger partial charge in [-0.15, -0.1) is 0 Å². The maximum absolute atomic E-state index is 14.4. The Bertz CT molecular complexity index is 1630. The Morgan fingerprint density at radius 1 is 0.870 bits per heavy atom. The van der Waals surface area contributed by atoms with E-state index in [2.05, 4.69) is 21.2 Å². The van der Waals surface area contributed by atoms with Gasteiger partial charge in [0.1, 0.15) is 24.1 Å². The first-order valence-electron chi connectivity index (χ1n) is 14.8. The highest BCUT2D eigenvalue weighted by Gasteiger charge is 2.35. The van der Waals surface area contributed by atoms with E-state index < -0.39 is 28.5 Å². The Labute approximate surface area is 278 Å². The molecule has 1 aliphatic rings. The summed E-state index contributed by atoms with van der Waals surface area (Å²) in [5.74, 6) is 0.194. The molecular formula is C33H40BrN3O8S. The molecule has 46 heavy (non-hydrogen) atoms. The van der Waals surface area contributed by atoms with Crippen molar-refractivity contribution in [3.05, 3.63) is 70.7 Å². The van der Waals surface area contributed by atoms with Gasteiger partial charge < -0.3 is 29.2 Å². The number of carbonyl (C=O) groups is 2. The topological polar surface area (TPSA) is 124 Å². The van der Waals surface area contributed by atoms with Gasteiger partial charge in [0.15, 0.2) is 11.5 Å². The quantitative estimate of drug-likeness (QED) is 0.243. The Balaban J connectivity index is 1.79. The number of halogens is 1. The molecule has 2 amide bonds. The van der Waals surface area contributed by atoms with Crippen LogP contribution in [-0.2, 0) is 26.2 Å². The Kier molecular flexibility index (Phi) is 11.8. The van der Waals surface area contributed by atoms with Crippen molar-refractivity contribution >= 4 is 43.5 Å². The molecule has 3 aromatic rings. The molecule has 1 fully saturated rings. The van der Waals surface area contributed by atoms with Gasteiger partial charge >= 0.3 is 0 Å². The summed E-state index contributed by atoms with van der Waals surface area (Å²) in [5.41, 5.74) is 0.849. The summed E-state index contributed by atoms with van der Waals surface area (Å²) in [6, 6.07) is 15.4. The number of methoxy groups -OCH3 is 4. The standard InChI is InChI=1S/C33H40BrN3O8S/c1-22(33(39)35-25-8-6-7-9-25)36(20-23-10-12-24(34)13-11-23)32(38)21-37(28-18-26(42-2)14-16-29(28)43-3)46(40,41)27-15-17-30(44-4)31(19-27)45-5/h10-19,22,25H,6-9,20-21H2,1-5H3,(H,35,39). The van der Waals surface area contributed by atoms with Gasteiger partial charge in [0, 0.05) is 29.2 Å². The van der Waals surface area contributed by atoms with Gasteiger partial charge in [0.25, 0.3) is 10.0 Å². The molecule has 0 spiro atoms. The maximum atomic E-state index is 14.4. The molecule has 0 heterocycles. The third kappa shape index (κ3) is 8.05. The van der Waals surface area contributed by atoms with Crippen LogP contribution >= 0.6 is 15.9 Å². The van der Waals surface area contributed by atoms with Crippen LogP contribution < -0.4 is 28.6 Å². The third-order valence-electron chi connectivity index (χ3n) is 8.01. The molecule has 1 atom stereocenters. The Morgan fingerprint density at radius 3 is 2.11 bits per heavy atom. The van der Waals surface area contributed by atoms with Crippen LogP contribution in [0.25, 0.3) is 0 Å². The number of nitrogens with zero attached hydrogens (tertiary/aromatic N) is 2. The minimum atomic E-state index is -4.43. The zero-order valence-electron chi connectivity index (χ0n) is 26.6. The first-order chi connectivity index (χ1) is 22.0. The van der Waals surface area contributed by atoms with E-state index in [1.54, 1.807) is 19.1 Å². The second-order valence-corrected chi connectivity index (χ2v) is 13.7. The number of amides is 2. The fourth-order valence-electron chi connectivity index (χ4n) is 5.37. The predicted octanol–water partition coefficient (Wildman–Crippen LogP) is 5.15. The number of benzene rings is 3. The Morgan fingerprint density at radius 2 is 1.50 bits per heavy atom. The highest BCUT2D eigenvalue weighted by Crippen LogP contribution is 2.38. The number of hydrogen-bond acceptors (Lipinski definition) is 8. The number of anilines is 1. The lowest BCUT2D eigenvalue weighted by atomic mass is 10.1. The van der Waals surface area contributed by atoms with E-state index in [1.165, 1.54) is 57.6 Å². The second-order valence-electron chi connectivity index (χ2n) is 10.9. The first kappa shape index (κ1) is 34.9. The molecule has 1 N–H and O–H groups in total. The number of sulfonamides is 1. The van der Waals surface area contributed by atoms with Crippen LogP contribution in [0.3, 0.4) is 0 Å². The fraction of sp³-hybridized carbons (Fsp3) is 0.394. The van der Waals surface area contributed by atoms with Crippen LogP contribution in [0.4, 0.5) is 5.69 Å². The summed E-state index contributed by atoms with van der Waals surface area (Å²) in [7, 11) is 1.27. The number of nitrogens with one attached hydrogen (secondary N) is 1. The molecule has 4 rings (SSSR count). The molecule has 1 aliphatic carbocycles. The molecule has 0 aromatic heterocycles. The van der Waals surface area contributed by atoms with Crippen molar-refractivity contribution in [2.24, 2.45) is 0 Å². The van der Waals surface area contributed by atoms with E-state index in [1.807, 2.05) is 24.3 Å². The fourth-order valence-corrected chi connectivity index (χ4v) is 7.07. The van der Waals surface area contributed by atoms with E-state index in [9.17, 15) is 18.0 Å². The van der Waals surface area contributed by atoms with E-state index in [-0.39, 0.29) is 40.6 Å². The molecule has 0 aliphatic heterocycles. The van der Waals surface area contributed by atoms with Crippen LogP contribution in [0.2, 0.25) is 0 Å². The van der Waals surface area contributed by atoms with Crippen LogP contribution in [0.1, 0.15) is 38.2 Å². The summed E-state index contributed by atoms with van der Waals surface area (Å²) in [6.07, 6.45) is 3.83. The van der Waals surface area contributed by atoms with Crippen molar-refractivity contribution in [1.29, 1.82) is 0 Å². The summed E-state index contributed by atoms with van der Waals surface area (Å²) in [5, 5.41) is 3.07. The van der Waals surface area contributed by atoms with Gasteiger partial charge in [0.05, 0.1) is 39.0 Å². The van der Waals surface area contributed by atoms with Crippen molar-refractivity contribution in [3.8, 4) is 23.0 Å². The molecular weight excluding hydrogens is 678 g/mol. The summed E-state index contributed by atoms with van der Waals surface area (Å²) >= 11 is 3.43. The average molecular weight is 719 g/mol. The van der Waals surface area contributed by atoms with Crippen molar-refractivity contribution in [3.63, 3.8) is 0 Å². The van der Waals surface area contributed by atoms with Gasteiger partial charge in [-0.2, -0.15) is 0 Å². The van der Waals surface area contributed by atoms with Crippen molar-refractivity contribution < 1.29 is 37.0 Å². The monoisotopic (exact) mass is 717 g/mol. The summed E-state index contributed by atoms with van der Waals surface area (Å²) < 4.78 is 52.3. The number of ether oxygens (including phenoxy) is 4.